The number of nitrogen functional groups attached to an aromatic ring is 1. The van der Waals surface area contributed by atoms with Crippen LogP contribution in [-0.4, -0.2) is 18.3 Å². The van der Waals surface area contributed by atoms with Crippen molar-refractivity contribution in [3.05, 3.63) is 40.6 Å². The molecule has 0 spiro atoms. The Kier molecular flexibility index (Phi) is 5.26. The van der Waals surface area contributed by atoms with Crippen molar-refractivity contribution < 1.29 is 9.84 Å². The molecule has 0 saturated heterocycles. The molecule has 0 bridgehead atoms. The lowest BCUT2D eigenvalue weighted by Gasteiger charge is -2.15. The van der Waals surface area contributed by atoms with Crippen LogP contribution in [0, 0.1) is 0 Å². The fraction of sp³-hybridized carbons (Fsp3) is 0.333. The van der Waals surface area contributed by atoms with Gasteiger partial charge in [-0.3, -0.25) is 0 Å². The Morgan fingerprint density at radius 2 is 2.25 bits per heavy atom. The fourth-order valence-corrected chi connectivity index (χ4v) is 2.53. The van der Waals surface area contributed by atoms with Crippen LogP contribution in [0.2, 0.25) is 0 Å². The monoisotopic (exact) mass is 292 g/mol. The van der Waals surface area contributed by atoms with Gasteiger partial charge in [-0.05, 0) is 40.9 Å². The smallest absolute Gasteiger partial charge is 0.144 e. The molecule has 0 saturated carbocycles. The number of para-hydroxylation sites is 1. The summed E-state index contributed by atoms with van der Waals surface area (Å²) >= 11 is 1.57. The molecule has 5 heteroatoms. The molecule has 20 heavy (non-hydrogen) atoms. The van der Waals surface area contributed by atoms with Gasteiger partial charge < -0.3 is 20.9 Å². The van der Waals surface area contributed by atoms with Gasteiger partial charge in [-0.25, -0.2) is 0 Å². The summed E-state index contributed by atoms with van der Waals surface area (Å²) in [5, 5.41) is 17.1. The van der Waals surface area contributed by atoms with E-state index in [0.717, 1.165) is 17.7 Å². The van der Waals surface area contributed by atoms with Crippen LogP contribution in [0.15, 0.2) is 35.0 Å². The van der Waals surface area contributed by atoms with E-state index in [0.29, 0.717) is 24.6 Å². The van der Waals surface area contributed by atoms with Crippen LogP contribution in [0.25, 0.3) is 0 Å². The standard InChI is InChI=1S/C15H20N2O2S/c1-2-7-19-14-5-3-4-12(15(14)16)17-9-13(18)11-6-8-20-10-11/h3-6,8,10,13,17-18H,2,7,9,16H2,1H3. The molecule has 0 amide bonds. The summed E-state index contributed by atoms with van der Waals surface area (Å²) in [5.74, 6) is 0.682. The van der Waals surface area contributed by atoms with Gasteiger partial charge in [0.1, 0.15) is 5.75 Å². The Bertz CT molecular complexity index is 529. The van der Waals surface area contributed by atoms with E-state index in [4.69, 9.17) is 10.5 Å². The third-order valence-electron chi connectivity index (χ3n) is 2.94. The van der Waals surface area contributed by atoms with Gasteiger partial charge in [0, 0.05) is 6.54 Å². The van der Waals surface area contributed by atoms with Crippen LogP contribution in [0.3, 0.4) is 0 Å². The van der Waals surface area contributed by atoms with Crippen molar-refractivity contribution in [3.63, 3.8) is 0 Å². The molecule has 2 aromatic rings. The van der Waals surface area contributed by atoms with Crippen molar-refractivity contribution in [2.75, 3.05) is 24.2 Å². The van der Waals surface area contributed by atoms with Crippen LogP contribution >= 0.6 is 11.3 Å². The molecule has 4 N–H and O–H groups in total. The number of aliphatic hydroxyl groups is 1. The van der Waals surface area contributed by atoms with Crippen molar-refractivity contribution in [1.82, 2.24) is 0 Å². The molecule has 0 aliphatic heterocycles. The molecular formula is C15H20N2O2S. The summed E-state index contributed by atoms with van der Waals surface area (Å²) in [6.07, 6.45) is 0.398. The molecule has 0 aliphatic rings. The number of anilines is 2. The van der Waals surface area contributed by atoms with Gasteiger partial charge in [-0.2, -0.15) is 11.3 Å². The predicted molar refractivity (Wildman–Crippen MR) is 84.4 cm³/mol. The van der Waals surface area contributed by atoms with E-state index in [2.05, 4.69) is 12.2 Å². The average molecular weight is 292 g/mol. The highest BCUT2D eigenvalue weighted by Gasteiger charge is 2.10. The lowest BCUT2D eigenvalue weighted by Crippen LogP contribution is -2.13. The topological polar surface area (TPSA) is 67.5 Å². The van der Waals surface area contributed by atoms with Crippen LogP contribution in [0.1, 0.15) is 25.0 Å². The highest BCUT2D eigenvalue weighted by atomic mass is 32.1. The van der Waals surface area contributed by atoms with E-state index < -0.39 is 6.10 Å². The summed E-state index contributed by atoms with van der Waals surface area (Å²) in [4.78, 5) is 0. The van der Waals surface area contributed by atoms with E-state index in [1.807, 2.05) is 35.0 Å². The number of ether oxygens (including phenoxy) is 1. The minimum absolute atomic E-state index is 0.415. The Hall–Kier alpha value is -1.72. The molecule has 4 nitrogen and oxygen atoms in total. The van der Waals surface area contributed by atoms with Crippen molar-refractivity contribution >= 4 is 22.7 Å². The third-order valence-corrected chi connectivity index (χ3v) is 3.64. The van der Waals surface area contributed by atoms with Crippen molar-refractivity contribution in [1.29, 1.82) is 0 Å². The summed E-state index contributed by atoms with van der Waals surface area (Å²) in [7, 11) is 0. The Balaban J connectivity index is 1.99. The molecule has 0 radical (unpaired) electrons. The molecular weight excluding hydrogens is 272 g/mol. The van der Waals surface area contributed by atoms with Crippen LogP contribution < -0.4 is 15.8 Å². The summed E-state index contributed by atoms with van der Waals surface area (Å²) < 4.78 is 5.58. The maximum atomic E-state index is 10.0. The van der Waals surface area contributed by atoms with Crippen LogP contribution in [-0.2, 0) is 0 Å². The van der Waals surface area contributed by atoms with Gasteiger partial charge in [0.2, 0.25) is 0 Å². The lowest BCUT2D eigenvalue weighted by atomic mass is 10.2. The first-order chi connectivity index (χ1) is 9.72. The Labute approximate surface area is 123 Å². The lowest BCUT2D eigenvalue weighted by molar-refractivity contribution is 0.192. The number of benzene rings is 1. The van der Waals surface area contributed by atoms with Crippen molar-refractivity contribution in [3.8, 4) is 5.75 Å². The zero-order chi connectivity index (χ0) is 14.4. The van der Waals surface area contributed by atoms with Gasteiger partial charge in [0.25, 0.3) is 0 Å². The highest BCUT2D eigenvalue weighted by Crippen LogP contribution is 2.30. The number of thiophene rings is 1. The van der Waals surface area contributed by atoms with Crippen molar-refractivity contribution in [2.24, 2.45) is 0 Å². The van der Waals surface area contributed by atoms with Gasteiger partial charge >= 0.3 is 0 Å². The molecule has 2 rings (SSSR count). The first kappa shape index (κ1) is 14.7. The third kappa shape index (κ3) is 3.65. The number of hydrogen-bond donors (Lipinski definition) is 3. The maximum absolute atomic E-state index is 10.0. The second-order valence-electron chi connectivity index (χ2n) is 4.52. The molecule has 108 valence electrons. The van der Waals surface area contributed by atoms with Gasteiger partial charge in [0.15, 0.2) is 0 Å². The number of rotatable bonds is 7. The first-order valence-corrected chi connectivity index (χ1v) is 7.62. The predicted octanol–water partition coefficient (Wildman–Crippen LogP) is 3.26. The minimum Gasteiger partial charge on any atom is -0.491 e. The molecule has 1 unspecified atom stereocenters. The van der Waals surface area contributed by atoms with Crippen LogP contribution in [0.5, 0.6) is 5.75 Å². The summed E-state index contributed by atoms with van der Waals surface area (Å²) in [6.45, 7) is 3.11. The van der Waals surface area contributed by atoms with Crippen LogP contribution in [0.4, 0.5) is 11.4 Å². The minimum atomic E-state index is -0.541. The number of hydrogen-bond acceptors (Lipinski definition) is 5. The SMILES string of the molecule is CCCOc1cccc(NCC(O)c2ccsc2)c1N. The van der Waals surface area contributed by atoms with E-state index >= 15 is 0 Å². The summed E-state index contributed by atoms with van der Waals surface area (Å²) in [5.41, 5.74) is 8.35. The molecule has 0 fully saturated rings. The first-order valence-electron chi connectivity index (χ1n) is 6.67. The molecule has 1 heterocycles. The largest absolute Gasteiger partial charge is 0.491 e. The van der Waals surface area contributed by atoms with Crippen molar-refractivity contribution in [2.45, 2.75) is 19.4 Å². The maximum Gasteiger partial charge on any atom is 0.144 e. The fourth-order valence-electron chi connectivity index (χ4n) is 1.83. The number of aliphatic hydroxyl groups excluding tert-OH is 1. The zero-order valence-corrected chi connectivity index (χ0v) is 12.3. The molecule has 1 aromatic carbocycles. The molecule has 1 aromatic heterocycles. The van der Waals surface area contributed by atoms with E-state index in [-0.39, 0.29) is 0 Å². The van der Waals surface area contributed by atoms with E-state index in [1.54, 1.807) is 11.3 Å². The highest BCUT2D eigenvalue weighted by molar-refractivity contribution is 7.07. The number of nitrogens with one attached hydrogen (secondary N) is 1. The Morgan fingerprint density at radius 1 is 1.40 bits per heavy atom. The average Bonchev–Trinajstić information content (AvgIpc) is 2.99. The van der Waals surface area contributed by atoms with Gasteiger partial charge in [-0.15, -0.1) is 0 Å². The molecule has 1 atom stereocenters. The van der Waals surface area contributed by atoms with E-state index in [9.17, 15) is 5.11 Å². The second kappa shape index (κ2) is 7.17. The van der Waals surface area contributed by atoms with Gasteiger partial charge in [-0.1, -0.05) is 13.0 Å². The normalized spacial score (nSPS) is 12.1. The zero-order valence-electron chi connectivity index (χ0n) is 11.5. The molecule has 0 aliphatic carbocycles. The quantitative estimate of drug-likeness (QED) is 0.685. The second-order valence-corrected chi connectivity index (χ2v) is 5.30. The number of nitrogens with two attached hydrogens (primary N) is 1. The van der Waals surface area contributed by atoms with Gasteiger partial charge in [0.05, 0.1) is 24.1 Å². The summed E-state index contributed by atoms with van der Waals surface area (Å²) in [6, 6.07) is 7.54. The van der Waals surface area contributed by atoms with E-state index in [1.165, 1.54) is 0 Å². The Morgan fingerprint density at radius 3 is 2.95 bits per heavy atom.